The van der Waals surface area contributed by atoms with Gasteiger partial charge in [0.15, 0.2) is 0 Å². The van der Waals surface area contributed by atoms with Crippen LogP contribution in [0.5, 0.6) is 11.5 Å². The van der Waals surface area contributed by atoms with Gasteiger partial charge in [0.2, 0.25) is 0 Å². The van der Waals surface area contributed by atoms with Crippen LogP contribution in [-0.2, 0) is 4.79 Å². The molecule has 5 heteroatoms. The molecule has 2 aromatic carbocycles. The van der Waals surface area contributed by atoms with E-state index in [-0.39, 0.29) is 0 Å². The maximum Gasteiger partial charge on any atom is 0.336 e. The minimum atomic E-state index is -0.466. The van der Waals surface area contributed by atoms with Crippen LogP contribution in [0, 0.1) is 0 Å². The van der Waals surface area contributed by atoms with Crippen molar-refractivity contribution in [2.45, 2.75) is 39.5 Å². The molecule has 0 bridgehead atoms. The minimum absolute atomic E-state index is 0.466. The van der Waals surface area contributed by atoms with Crippen molar-refractivity contribution in [3.8, 4) is 11.5 Å². The first-order valence-electron chi connectivity index (χ1n) is 11.0. The molecule has 1 heterocycles. The second-order valence-electron chi connectivity index (χ2n) is 7.39. The second kappa shape index (κ2) is 12.3. The summed E-state index contributed by atoms with van der Waals surface area (Å²) in [5, 5.41) is 0. The molecule has 0 aliphatic heterocycles. The van der Waals surface area contributed by atoms with Gasteiger partial charge in [-0.25, -0.2) is 4.79 Å². The Morgan fingerprint density at radius 3 is 2.41 bits per heavy atom. The van der Waals surface area contributed by atoms with Crippen molar-refractivity contribution in [3.05, 3.63) is 84.3 Å². The molecule has 1 aromatic heterocycles. The fourth-order valence-corrected chi connectivity index (χ4v) is 3.04. The zero-order valence-electron chi connectivity index (χ0n) is 18.6. The summed E-state index contributed by atoms with van der Waals surface area (Å²) < 4.78 is 16.2. The van der Waals surface area contributed by atoms with Gasteiger partial charge in [-0.1, -0.05) is 26.2 Å². The third kappa shape index (κ3) is 7.58. The van der Waals surface area contributed by atoms with Crippen molar-refractivity contribution in [1.29, 1.82) is 0 Å². The summed E-state index contributed by atoms with van der Waals surface area (Å²) >= 11 is 0. The Bertz CT molecular complexity index is 1020. The lowest BCUT2D eigenvalue weighted by Gasteiger charge is -2.07. The third-order valence-corrected chi connectivity index (χ3v) is 4.82. The molecular weight excluding hydrogens is 402 g/mol. The molecule has 0 saturated carbocycles. The van der Waals surface area contributed by atoms with Crippen LogP contribution in [0.3, 0.4) is 0 Å². The van der Waals surface area contributed by atoms with Gasteiger partial charge in [-0.05, 0) is 85.6 Å². The molecule has 0 amide bonds. The van der Waals surface area contributed by atoms with Crippen molar-refractivity contribution in [1.82, 2.24) is 0 Å². The molecule has 0 spiro atoms. The number of carbonyl (C=O) groups is 1. The highest BCUT2D eigenvalue weighted by Crippen LogP contribution is 2.21. The van der Waals surface area contributed by atoms with Gasteiger partial charge < -0.3 is 13.9 Å². The Balaban J connectivity index is 1.52. The Morgan fingerprint density at radius 1 is 0.969 bits per heavy atom. The summed E-state index contributed by atoms with van der Waals surface area (Å²) in [6.45, 7) is 4.90. The van der Waals surface area contributed by atoms with E-state index in [9.17, 15) is 4.79 Å². The van der Waals surface area contributed by atoms with Gasteiger partial charge >= 0.3 is 5.97 Å². The topological polar surface area (TPSA) is 61.0 Å². The molecule has 0 N–H and O–H groups in total. The standard InChI is InChI=1S/C27H29NO4/c1-3-4-5-6-19-30-25-15-11-23(12-16-25)28-21(2)22-9-13-26(14-10-22)32-27(29)18-17-24-8-7-20-31-24/h7-18,20H,3-6,19H2,1-2H3/b18-17+,28-21?. The zero-order valence-corrected chi connectivity index (χ0v) is 18.6. The average molecular weight is 432 g/mol. The van der Waals surface area contributed by atoms with Gasteiger partial charge in [0.25, 0.3) is 0 Å². The smallest absolute Gasteiger partial charge is 0.336 e. The normalized spacial score (nSPS) is 11.6. The Labute approximate surface area is 189 Å². The first-order valence-corrected chi connectivity index (χ1v) is 11.0. The van der Waals surface area contributed by atoms with E-state index in [1.165, 1.54) is 25.3 Å². The Hall–Kier alpha value is -3.60. The first kappa shape index (κ1) is 23.1. The summed E-state index contributed by atoms with van der Waals surface area (Å²) in [4.78, 5) is 16.6. The van der Waals surface area contributed by atoms with Crippen LogP contribution >= 0.6 is 0 Å². The molecule has 3 aromatic rings. The van der Waals surface area contributed by atoms with Crippen LogP contribution in [0.2, 0.25) is 0 Å². The van der Waals surface area contributed by atoms with E-state index in [0.29, 0.717) is 11.5 Å². The largest absolute Gasteiger partial charge is 0.494 e. The quantitative estimate of drug-likeness (QED) is 0.108. The first-order chi connectivity index (χ1) is 15.6. The average Bonchev–Trinajstić information content (AvgIpc) is 3.33. The van der Waals surface area contributed by atoms with Crippen LogP contribution in [0.15, 0.2) is 82.4 Å². The highest BCUT2D eigenvalue weighted by Gasteiger charge is 2.04. The van der Waals surface area contributed by atoms with Crippen LogP contribution < -0.4 is 9.47 Å². The van der Waals surface area contributed by atoms with Crippen LogP contribution in [0.4, 0.5) is 5.69 Å². The number of aliphatic imine (C=N–C) groups is 1. The minimum Gasteiger partial charge on any atom is -0.494 e. The van der Waals surface area contributed by atoms with Crippen LogP contribution in [0.25, 0.3) is 6.08 Å². The van der Waals surface area contributed by atoms with Crippen molar-refractivity contribution >= 4 is 23.4 Å². The maximum absolute atomic E-state index is 11.9. The van der Waals surface area contributed by atoms with E-state index in [4.69, 9.17) is 13.9 Å². The van der Waals surface area contributed by atoms with E-state index < -0.39 is 5.97 Å². The van der Waals surface area contributed by atoms with E-state index in [2.05, 4.69) is 11.9 Å². The van der Waals surface area contributed by atoms with E-state index >= 15 is 0 Å². The van der Waals surface area contributed by atoms with Gasteiger partial charge in [-0.15, -0.1) is 0 Å². The molecule has 0 aliphatic rings. The van der Waals surface area contributed by atoms with Gasteiger partial charge in [0.05, 0.1) is 18.6 Å². The fourth-order valence-electron chi connectivity index (χ4n) is 3.04. The molecule has 0 saturated heterocycles. The summed E-state index contributed by atoms with van der Waals surface area (Å²) in [6, 6.07) is 18.6. The lowest BCUT2D eigenvalue weighted by molar-refractivity contribution is -0.128. The van der Waals surface area contributed by atoms with Gasteiger partial charge in [-0.3, -0.25) is 4.99 Å². The van der Waals surface area contributed by atoms with Gasteiger partial charge in [0, 0.05) is 11.8 Å². The summed E-state index contributed by atoms with van der Waals surface area (Å²) in [6.07, 6.45) is 9.21. The summed E-state index contributed by atoms with van der Waals surface area (Å²) in [5.74, 6) is 1.46. The fraction of sp³-hybridized carbons (Fsp3) is 0.259. The van der Waals surface area contributed by atoms with Crippen molar-refractivity contribution in [2.24, 2.45) is 4.99 Å². The zero-order chi connectivity index (χ0) is 22.6. The Morgan fingerprint density at radius 2 is 1.72 bits per heavy atom. The van der Waals surface area contributed by atoms with Crippen molar-refractivity contribution < 1.29 is 18.7 Å². The SMILES string of the molecule is CCCCCCOc1ccc(N=C(C)c2ccc(OC(=O)/C=C/c3ccco3)cc2)cc1. The predicted octanol–water partition coefficient (Wildman–Crippen LogP) is 7.00. The summed E-state index contributed by atoms with van der Waals surface area (Å²) in [5.41, 5.74) is 2.68. The third-order valence-electron chi connectivity index (χ3n) is 4.82. The number of carbonyl (C=O) groups excluding carboxylic acids is 1. The molecule has 0 radical (unpaired) electrons. The molecule has 166 valence electrons. The number of esters is 1. The van der Waals surface area contributed by atoms with Crippen molar-refractivity contribution in [2.75, 3.05) is 6.61 Å². The number of benzene rings is 2. The molecule has 32 heavy (non-hydrogen) atoms. The lowest BCUT2D eigenvalue weighted by Crippen LogP contribution is -2.04. The number of unbranched alkanes of at least 4 members (excludes halogenated alkanes) is 3. The van der Waals surface area contributed by atoms with Gasteiger partial charge in [0.1, 0.15) is 17.3 Å². The van der Waals surface area contributed by atoms with E-state index in [1.54, 1.807) is 36.6 Å². The highest BCUT2D eigenvalue weighted by molar-refractivity contribution is 6.00. The second-order valence-corrected chi connectivity index (χ2v) is 7.39. The highest BCUT2D eigenvalue weighted by atomic mass is 16.5. The molecular formula is C27H29NO4. The number of nitrogens with zero attached hydrogens (tertiary/aromatic N) is 1. The lowest BCUT2D eigenvalue weighted by atomic mass is 10.1. The molecule has 0 atom stereocenters. The molecule has 3 rings (SSSR count). The predicted molar refractivity (Wildman–Crippen MR) is 128 cm³/mol. The monoisotopic (exact) mass is 431 g/mol. The number of hydrogen-bond acceptors (Lipinski definition) is 5. The molecule has 0 unspecified atom stereocenters. The number of rotatable bonds is 11. The van der Waals surface area contributed by atoms with Crippen LogP contribution in [0.1, 0.15) is 50.9 Å². The van der Waals surface area contributed by atoms with Crippen LogP contribution in [-0.4, -0.2) is 18.3 Å². The maximum atomic E-state index is 11.9. The number of hydrogen-bond donors (Lipinski definition) is 0. The summed E-state index contributed by atoms with van der Waals surface area (Å²) in [7, 11) is 0. The number of ether oxygens (including phenoxy) is 2. The van der Waals surface area contributed by atoms with E-state index in [0.717, 1.165) is 35.7 Å². The molecule has 0 fully saturated rings. The van der Waals surface area contributed by atoms with Gasteiger partial charge in [-0.2, -0.15) is 0 Å². The molecule has 0 aliphatic carbocycles. The number of furan rings is 1. The van der Waals surface area contributed by atoms with Crippen molar-refractivity contribution in [3.63, 3.8) is 0 Å². The molecule has 5 nitrogen and oxygen atoms in total. The Kier molecular flexibility index (Phi) is 8.87. The van der Waals surface area contributed by atoms with E-state index in [1.807, 2.05) is 43.3 Å².